The molecule has 0 aliphatic carbocycles. The van der Waals surface area contributed by atoms with E-state index in [0.717, 1.165) is 5.56 Å². The average Bonchev–Trinajstić information content (AvgIpc) is 3.00. The first-order chi connectivity index (χ1) is 11.0. The fraction of sp³-hybridized carbons (Fsp3) is 0.529. The van der Waals surface area contributed by atoms with Gasteiger partial charge >= 0.3 is 11.9 Å². The molecule has 1 saturated heterocycles. The largest absolute Gasteiger partial charge is 0.468 e. The number of hydrogen-bond donors (Lipinski definition) is 0. The highest BCUT2D eigenvalue weighted by Crippen LogP contribution is 2.27. The van der Waals surface area contributed by atoms with Crippen molar-refractivity contribution in [1.82, 2.24) is 0 Å². The summed E-state index contributed by atoms with van der Waals surface area (Å²) in [6.07, 6.45) is 0.657. The van der Waals surface area contributed by atoms with Crippen molar-refractivity contribution in [3.05, 3.63) is 35.9 Å². The molecule has 1 unspecified atom stereocenters. The number of benzene rings is 1. The predicted octanol–water partition coefficient (Wildman–Crippen LogP) is 2.06. The van der Waals surface area contributed by atoms with Gasteiger partial charge in [0, 0.05) is 6.42 Å². The molecule has 0 bridgehead atoms. The van der Waals surface area contributed by atoms with E-state index < -0.39 is 23.6 Å². The molecule has 126 valence electrons. The molecule has 6 heteroatoms. The van der Waals surface area contributed by atoms with Crippen molar-refractivity contribution in [2.45, 2.75) is 32.2 Å². The number of esters is 2. The lowest BCUT2D eigenvalue weighted by Gasteiger charge is -2.23. The Labute approximate surface area is 135 Å². The van der Waals surface area contributed by atoms with Gasteiger partial charge in [0.25, 0.3) is 0 Å². The van der Waals surface area contributed by atoms with Crippen molar-refractivity contribution in [1.29, 1.82) is 0 Å². The average molecular weight is 322 g/mol. The number of hydrogen-bond acceptors (Lipinski definition) is 6. The summed E-state index contributed by atoms with van der Waals surface area (Å²) in [6, 6.07) is 9.29. The van der Waals surface area contributed by atoms with Crippen molar-refractivity contribution in [2.24, 2.45) is 5.92 Å². The summed E-state index contributed by atoms with van der Waals surface area (Å²) in [5.41, 5.74) is 0.860. The normalized spacial score (nSPS) is 17.5. The number of methoxy groups -OCH3 is 1. The van der Waals surface area contributed by atoms with Crippen molar-refractivity contribution >= 4 is 11.9 Å². The van der Waals surface area contributed by atoms with E-state index in [1.807, 2.05) is 30.3 Å². The van der Waals surface area contributed by atoms with Crippen molar-refractivity contribution < 1.29 is 28.5 Å². The van der Waals surface area contributed by atoms with E-state index in [2.05, 4.69) is 0 Å². The molecule has 1 aromatic carbocycles. The van der Waals surface area contributed by atoms with Gasteiger partial charge in [-0.05, 0) is 18.9 Å². The van der Waals surface area contributed by atoms with Gasteiger partial charge in [0.05, 0.1) is 20.3 Å². The second-order valence-corrected chi connectivity index (χ2v) is 5.54. The molecule has 1 fully saturated rings. The maximum atomic E-state index is 12.2. The molecule has 0 N–H and O–H groups in total. The van der Waals surface area contributed by atoms with Gasteiger partial charge in [0.1, 0.15) is 6.61 Å². The summed E-state index contributed by atoms with van der Waals surface area (Å²) in [7, 11) is 1.25. The zero-order chi connectivity index (χ0) is 16.7. The summed E-state index contributed by atoms with van der Waals surface area (Å²) >= 11 is 0. The molecule has 0 spiro atoms. The molecule has 23 heavy (non-hydrogen) atoms. The van der Waals surface area contributed by atoms with Crippen LogP contribution in [0.3, 0.4) is 0 Å². The van der Waals surface area contributed by atoms with E-state index in [1.165, 1.54) is 7.11 Å². The van der Waals surface area contributed by atoms with Crippen molar-refractivity contribution in [2.75, 3.05) is 20.3 Å². The van der Waals surface area contributed by atoms with E-state index in [0.29, 0.717) is 19.6 Å². The van der Waals surface area contributed by atoms with E-state index in [-0.39, 0.29) is 13.0 Å². The van der Waals surface area contributed by atoms with Gasteiger partial charge in [-0.15, -0.1) is 0 Å². The molecular formula is C17H22O6. The standard InChI is InChI=1S/C17H22O6/c1-17(22-10-11-23-17)9-8-14(15(18)20-2)16(19)21-12-13-6-4-3-5-7-13/h3-7,14H,8-12H2,1-2H3. The predicted molar refractivity (Wildman–Crippen MR) is 81.3 cm³/mol. The van der Waals surface area contributed by atoms with Crippen molar-refractivity contribution in [3.63, 3.8) is 0 Å². The van der Waals surface area contributed by atoms with Gasteiger partial charge in [0.2, 0.25) is 0 Å². The maximum absolute atomic E-state index is 12.2. The van der Waals surface area contributed by atoms with Gasteiger partial charge < -0.3 is 18.9 Å². The lowest BCUT2D eigenvalue weighted by molar-refractivity contribution is -0.167. The maximum Gasteiger partial charge on any atom is 0.320 e. The van der Waals surface area contributed by atoms with E-state index in [9.17, 15) is 9.59 Å². The lowest BCUT2D eigenvalue weighted by atomic mass is 10.00. The van der Waals surface area contributed by atoms with Crippen LogP contribution in [0.2, 0.25) is 0 Å². The zero-order valence-corrected chi connectivity index (χ0v) is 13.4. The monoisotopic (exact) mass is 322 g/mol. The fourth-order valence-electron chi connectivity index (χ4n) is 2.41. The summed E-state index contributed by atoms with van der Waals surface area (Å²) in [5.74, 6) is -2.94. The van der Waals surface area contributed by atoms with E-state index in [1.54, 1.807) is 6.92 Å². The van der Waals surface area contributed by atoms with E-state index in [4.69, 9.17) is 18.9 Å². The third-order valence-electron chi connectivity index (χ3n) is 3.78. The van der Waals surface area contributed by atoms with Crippen LogP contribution >= 0.6 is 0 Å². The molecular weight excluding hydrogens is 300 g/mol. The number of rotatable bonds is 7. The summed E-state index contributed by atoms with van der Waals surface area (Å²) in [6.45, 7) is 2.94. The molecule has 0 radical (unpaired) electrons. The molecule has 1 aromatic rings. The van der Waals surface area contributed by atoms with Gasteiger partial charge in [0.15, 0.2) is 11.7 Å². The third kappa shape index (κ3) is 5.04. The Morgan fingerprint density at radius 1 is 1.17 bits per heavy atom. The minimum atomic E-state index is -0.978. The number of ether oxygens (including phenoxy) is 4. The fourth-order valence-corrected chi connectivity index (χ4v) is 2.41. The summed E-state index contributed by atoms with van der Waals surface area (Å²) in [5, 5.41) is 0. The van der Waals surface area contributed by atoms with Gasteiger partial charge in [-0.25, -0.2) is 0 Å². The van der Waals surface area contributed by atoms with Crippen LogP contribution < -0.4 is 0 Å². The molecule has 6 nitrogen and oxygen atoms in total. The highest BCUT2D eigenvalue weighted by molar-refractivity contribution is 5.94. The van der Waals surface area contributed by atoms with Crippen LogP contribution in [0.4, 0.5) is 0 Å². The first-order valence-electron chi connectivity index (χ1n) is 7.60. The number of carbonyl (C=O) groups is 2. The van der Waals surface area contributed by atoms with Crippen LogP contribution in [0.25, 0.3) is 0 Å². The Balaban J connectivity index is 1.91. The molecule has 0 saturated carbocycles. The molecule has 1 aliphatic rings. The molecule has 2 rings (SSSR count). The lowest BCUT2D eigenvalue weighted by Crippen LogP contribution is -2.32. The second-order valence-electron chi connectivity index (χ2n) is 5.54. The highest BCUT2D eigenvalue weighted by atomic mass is 16.7. The third-order valence-corrected chi connectivity index (χ3v) is 3.78. The van der Waals surface area contributed by atoms with Crippen LogP contribution in [-0.4, -0.2) is 38.0 Å². The Morgan fingerprint density at radius 3 is 2.43 bits per heavy atom. The topological polar surface area (TPSA) is 71.1 Å². The molecule has 1 heterocycles. The van der Waals surface area contributed by atoms with Crippen LogP contribution in [-0.2, 0) is 35.1 Å². The molecule has 0 amide bonds. The van der Waals surface area contributed by atoms with Crippen LogP contribution in [0, 0.1) is 5.92 Å². The van der Waals surface area contributed by atoms with Crippen LogP contribution in [0.5, 0.6) is 0 Å². The van der Waals surface area contributed by atoms with Crippen LogP contribution in [0.1, 0.15) is 25.3 Å². The van der Waals surface area contributed by atoms with Gasteiger partial charge in [-0.2, -0.15) is 0 Å². The molecule has 1 aliphatic heterocycles. The zero-order valence-electron chi connectivity index (χ0n) is 13.4. The van der Waals surface area contributed by atoms with E-state index >= 15 is 0 Å². The van der Waals surface area contributed by atoms with Gasteiger partial charge in [-0.3, -0.25) is 9.59 Å². The second kappa shape index (κ2) is 8.08. The Hall–Kier alpha value is -1.92. The first kappa shape index (κ1) is 17.4. The Kier molecular flexibility index (Phi) is 6.12. The Bertz CT molecular complexity index is 521. The Morgan fingerprint density at radius 2 is 1.83 bits per heavy atom. The smallest absolute Gasteiger partial charge is 0.320 e. The minimum Gasteiger partial charge on any atom is -0.468 e. The summed E-state index contributed by atoms with van der Waals surface area (Å²) < 4.78 is 20.9. The minimum absolute atomic E-state index is 0.122. The van der Waals surface area contributed by atoms with Crippen molar-refractivity contribution in [3.8, 4) is 0 Å². The number of carbonyl (C=O) groups excluding carboxylic acids is 2. The van der Waals surface area contributed by atoms with Gasteiger partial charge in [-0.1, -0.05) is 30.3 Å². The first-order valence-corrected chi connectivity index (χ1v) is 7.60. The summed E-state index contributed by atoms with van der Waals surface area (Å²) in [4.78, 5) is 24.1. The molecule has 1 atom stereocenters. The highest BCUT2D eigenvalue weighted by Gasteiger charge is 2.36. The quantitative estimate of drug-likeness (QED) is 0.565. The van der Waals surface area contributed by atoms with Crippen LogP contribution in [0.15, 0.2) is 30.3 Å². The SMILES string of the molecule is COC(=O)C(CCC1(C)OCCO1)C(=O)OCc1ccccc1. The molecule has 0 aromatic heterocycles.